The van der Waals surface area contributed by atoms with Crippen LogP contribution in [0.15, 0.2) is 40.9 Å². The molecule has 5 heteroatoms. The maximum atomic E-state index is 5.95. The molecule has 0 unspecified atom stereocenters. The lowest BCUT2D eigenvalue weighted by atomic mass is 10.2. The maximum absolute atomic E-state index is 5.95. The molecule has 0 N–H and O–H groups in total. The van der Waals surface area contributed by atoms with Crippen molar-refractivity contribution in [2.45, 2.75) is 13.3 Å². The minimum atomic E-state index is 0.565. The molecule has 1 heterocycles. The minimum absolute atomic E-state index is 0.565. The second kappa shape index (κ2) is 6.26. The van der Waals surface area contributed by atoms with E-state index in [0.29, 0.717) is 5.88 Å². The van der Waals surface area contributed by atoms with Crippen LogP contribution in [0.2, 0.25) is 0 Å². The molecule has 0 aliphatic rings. The Morgan fingerprint density at radius 3 is 2.76 bits per heavy atom. The molecular formula is C16H13BrClIN2. The summed E-state index contributed by atoms with van der Waals surface area (Å²) in [5.41, 5.74) is 4.47. The topological polar surface area (TPSA) is 17.8 Å². The number of fused-ring (bicyclic) bond motifs is 1. The zero-order valence-electron chi connectivity index (χ0n) is 11.4. The van der Waals surface area contributed by atoms with Gasteiger partial charge in [-0.2, -0.15) is 0 Å². The Hall–Kier alpha value is -0.590. The van der Waals surface area contributed by atoms with E-state index in [1.54, 1.807) is 0 Å². The average Bonchev–Trinajstić information content (AvgIpc) is 2.79. The fourth-order valence-electron chi connectivity index (χ4n) is 2.41. The summed E-state index contributed by atoms with van der Waals surface area (Å²) in [5, 5.41) is 0. The Balaban J connectivity index is 2.27. The molecule has 0 saturated heterocycles. The van der Waals surface area contributed by atoms with E-state index in [4.69, 9.17) is 16.6 Å². The van der Waals surface area contributed by atoms with Crippen LogP contribution in [0.1, 0.15) is 11.4 Å². The maximum Gasteiger partial charge on any atom is 0.115 e. The molecule has 0 fully saturated rings. The standard InChI is InChI=1S/C16H13BrClIN2/c1-10-8-12(3-4-13(10)17)21-15-5-2-11(19)9-14(15)20-16(21)6-7-18/h2-5,8-9H,6-7H2,1H3. The Labute approximate surface area is 150 Å². The number of alkyl halides is 1. The molecule has 3 rings (SSSR count). The van der Waals surface area contributed by atoms with Crippen LogP contribution in [0.4, 0.5) is 0 Å². The summed E-state index contributed by atoms with van der Waals surface area (Å²) in [6.45, 7) is 2.09. The van der Waals surface area contributed by atoms with Gasteiger partial charge < -0.3 is 0 Å². The minimum Gasteiger partial charge on any atom is -0.296 e. The highest BCUT2D eigenvalue weighted by Gasteiger charge is 2.13. The highest BCUT2D eigenvalue weighted by Crippen LogP contribution is 2.26. The smallest absolute Gasteiger partial charge is 0.115 e. The predicted molar refractivity (Wildman–Crippen MR) is 101 cm³/mol. The van der Waals surface area contributed by atoms with E-state index in [2.05, 4.69) is 86.4 Å². The van der Waals surface area contributed by atoms with E-state index >= 15 is 0 Å². The molecule has 0 aliphatic carbocycles. The van der Waals surface area contributed by atoms with Crippen LogP contribution in [0.25, 0.3) is 16.7 Å². The molecule has 108 valence electrons. The summed E-state index contributed by atoms with van der Waals surface area (Å²) in [5.74, 6) is 1.57. The first kappa shape index (κ1) is 15.3. The predicted octanol–water partition coefficient (Wildman–Crippen LogP) is 5.48. The second-order valence-corrected chi connectivity index (χ2v) is 7.35. The van der Waals surface area contributed by atoms with Gasteiger partial charge in [-0.15, -0.1) is 11.6 Å². The number of hydrogen-bond acceptors (Lipinski definition) is 1. The van der Waals surface area contributed by atoms with Crippen molar-refractivity contribution < 1.29 is 0 Å². The van der Waals surface area contributed by atoms with Crippen molar-refractivity contribution in [3.8, 4) is 5.69 Å². The van der Waals surface area contributed by atoms with Crippen molar-refractivity contribution in [3.63, 3.8) is 0 Å². The summed E-state index contributed by atoms with van der Waals surface area (Å²) >= 11 is 11.8. The number of benzene rings is 2. The first-order chi connectivity index (χ1) is 10.1. The van der Waals surface area contributed by atoms with Crippen LogP contribution in [0.5, 0.6) is 0 Å². The van der Waals surface area contributed by atoms with Crippen LogP contribution in [-0.2, 0) is 6.42 Å². The first-order valence-corrected chi connectivity index (χ1v) is 9.00. The molecule has 0 amide bonds. The fourth-order valence-corrected chi connectivity index (χ4v) is 3.30. The van der Waals surface area contributed by atoms with E-state index in [0.717, 1.165) is 33.4 Å². The molecule has 1 aromatic heterocycles. The Kier molecular flexibility index (Phi) is 4.57. The average molecular weight is 476 g/mol. The van der Waals surface area contributed by atoms with E-state index in [-0.39, 0.29) is 0 Å². The lowest BCUT2D eigenvalue weighted by molar-refractivity contribution is 0.911. The van der Waals surface area contributed by atoms with E-state index in [1.165, 1.54) is 9.13 Å². The number of nitrogens with zero attached hydrogens (tertiary/aromatic N) is 2. The van der Waals surface area contributed by atoms with E-state index in [9.17, 15) is 0 Å². The third-order valence-electron chi connectivity index (χ3n) is 3.40. The van der Waals surface area contributed by atoms with Crippen molar-refractivity contribution in [1.82, 2.24) is 9.55 Å². The zero-order valence-corrected chi connectivity index (χ0v) is 15.9. The van der Waals surface area contributed by atoms with Gasteiger partial charge in [-0.05, 0) is 71.5 Å². The molecule has 0 aliphatic heterocycles. The van der Waals surface area contributed by atoms with Gasteiger partial charge in [-0.3, -0.25) is 4.57 Å². The Morgan fingerprint density at radius 1 is 1.24 bits per heavy atom. The molecule has 21 heavy (non-hydrogen) atoms. The molecular weight excluding hydrogens is 462 g/mol. The summed E-state index contributed by atoms with van der Waals surface area (Å²) in [7, 11) is 0. The number of halogens is 3. The second-order valence-electron chi connectivity index (χ2n) is 4.87. The Morgan fingerprint density at radius 2 is 2.05 bits per heavy atom. The largest absolute Gasteiger partial charge is 0.296 e. The lowest BCUT2D eigenvalue weighted by Crippen LogP contribution is -2.02. The van der Waals surface area contributed by atoms with Crippen molar-refractivity contribution in [1.29, 1.82) is 0 Å². The van der Waals surface area contributed by atoms with Crippen LogP contribution < -0.4 is 0 Å². The van der Waals surface area contributed by atoms with Gasteiger partial charge in [0.2, 0.25) is 0 Å². The first-order valence-electron chi connectivity index (χ1n) is 6.59. The third kappa shape index (κ3) is 2.98. The van der Waals surface area contributed by atoms with Gasteiger partial charge in [0, 0.05) is 26.0 Å². The van der Waals surface area contributed by atoms with Gasteiger partial charge in [0.15, 0.2) is 0 Å². The van der Waals surface area contributed by atoms with Crippen LogP contribution in [-0.4, -0.2) is 15.4 Å². The van der Waals surface area contributed by atoms with Crippen molar-refractivity contribution in [2.75, 3.05) is 5.88 Å². The summed E-state index contributed by atoms with van der Waals surface area (Å²) in [4.78, 5) is 4.75. The number of imidazole rings is 1. The number of rotatable bonds is 3. The summed E-state index contributed by atoms with van der Waals surface area (Å²) < 4.78 is 4.51. The molecule has 3 aromatic rings. The SMILES string of the molecule is Cc1cc(-n2c(CCCl)nc3cc(I)ccc32)ccc1Br. The van der Waals surface area contributed by atoms with E-state index < -0.39 is 0 Å². The zero-order chi connectivity index (χ0) is 15.0. The molecule has 0 radical (unpaired) electrons. The molecule has 0 bridgehead atoms. The highest BCUT2D eigenvalue weighted by molar-refractivity contribution is 14.1. The summed E-state index contributed by atoms with van der Waals surface area (Å²) in [6, 6.07) is 12.7. The van der Waals surface area contributed by atoms with Gasteiger partial charge in [-0.1, -0.05) is 15.9 Å². The Bertz CT molecular complexity index is 813. The van der Waals surface area contributed by atoms with Crippen LogP contribution in [0.3, 0.4) is 0 Å². The van der Waals surface area contributed by atoms with Crippen molar-refractivity contribution in [2.24, 2.45) is 0 Å². The van der Waals surface area contributed by atoms with Gasteiger partial charge in [0.25, 0.3) is 0 Å². The van der Waals surface area contributed by atoms with Crippen LogP contribution in [0, 0.1) is 10.5 Å². The monoisotopic (exact) mass is 474 g/mol. The highest BCUT2D eigenvalue weighted by atomic mass is 127. The van der Waals surface area contributed by atoms with Crippen molar-refractivity contribution >= 4 is 61.2 Å². The summed E-state index contributed by atoms with van der Waals surface area (Å²) in [6.07, 6.45) is 0.752. The molecule has 2 aromatic carbocycles. The third-order valence-corrected chi connectivity index (χ3v) is 5.15. The van der Waals surface area contributed by atoms with E-state index in [1.807, 2.05) is 0 Å². The molecule has 0 saturated carbocycles. The van der Waals surface area contributed by atoms with Gasteiger partial charge in [0.1, 0.15) is 5.82 Å². The fraction of sp³-hybridized carbons (Fsp3) is 0.188. The molecule has 0 spiro atoms. The molecule has 2 nitrogen and oxygen atoms in total. The number of aromatic nitrogens is 2. The van der Waals surface area contributed by atoms with Gasteiger partial charge in [-0.25, -0.2) is 4.98 Å². The normalized spacial score (nSPS) is 11.2. The van der Waals surface area contributed by atoms with Crippen molar-refractivity contribution in [3.05, 3.63) is 55.8 Å². The lowest BCUT2D eigenvalue weighted by Gasteiger charge is -2.10. The van der Waals surface area contributed by atoms with Gasteiger partial charge >= 0.3 is 0 Å². The number of aryl methyl sites for hydroxylation is 2. The van der Waals surface area contributed by atoms with Crippen LogP contribution >= 0.6 is 50.1 Å². The number of hydrogen-bond donors (Lipinski definition) is 0. The molecule has 0 atom stereocenters. The quantitative estimate of drug-likeness (QED) is 0.362. The van der Waals surface area contributed by atoms with Gasteiger partial charge in [0.05, 0.1) is 11.0 Å².